The summed E-state index contributed by atoms with van der Waals surface area (Å²) in [6.45, 7) is 9.18. The largest absolute Gasteiger partial charge is 0.313 e. The second-order valence-electron chi connectivity index (χ2n) is 10.5. The molecule has 162 valence electrons. The molecule has 4 nitrogen and oxygen atoms in total. The topological polar surface area (TPSA) is 27.2 Å². The van der Waals surface area contributed by atoms with Crippen LogP contribution in [0.15, 0.2) is 54.6 Å². The maximum atomic E-state index is 13.5. The summed E-state index contributed by atoms with van der Waals surface area (Å²) in [5.74, 6) is 0.502. The van der Waals surface area contributed by atoms with Crippen molar-refractivity contribution >= 4 is 12.2 Å². The third-order valence-corrected chi connectivity index (χ3v) is 7.38. The van der Waals surface area contributed by atoms with E-state index in [1.54, 1.807) is 17.0 Å². The van der Waals surface area contributed by atoms with Crippen LogP contribution in [0.4, 0.5) is 4.39 Å². The average molecular weight is 438 g/mol. The molecule has 2 bridgehead atoms. The lowest BCUT2D eigenvalue weighted by Crippen LogP contribution is -3.13. The van der Waals surface area contributed by atoms with E-state index in [4.69, 9.17) is 17.3 Å². The molecule has 5 rings (SSSR count). The van der Waals surface area contributed by atoms with Gasteiger partial charge in [0.2, 0.25) is 4.77 Å². The van der Waals surface area contributed by atoms with Crippen LogP contribution in [0.5, 0.6) is 0 Å². The minimum absolute atomic E-state index is 0.252. The highest BCUT2D eigenvalue weighted by atomic mass is 32.1. The second-order valence-corrected chi connectivity index (χ2v) is 10.9. The molecule has 1 N–H and O–H groups in total. The SMILES string of the molecule is CC1(C)C[C@@H]2C[C@@](C)(C[NH+]2Cn2nc(-c3ccc(F)cc3)n(-c3ccccc3)c2=S)C1. The number of rotatable bonds is 4. The zero-order chi connectivity index (χ0) is 21.8. The molecule has 0 amide bonds. The van der Waals surface area contributed by atoms with Crippen LogP contribution in [0, 0.1) is 21.4 Å². The molecule has 1 aromatic heterocycles. The van der Waals surface area contributed by atoms with Gasteiger partial charge in [0.1, 0.15) is 5.82 Å². The Morgan fingerprint density at radius 2 is 1.77 bits per heavy atom. The number of aromatic nitrogens is 3. The molecule has 2 aromatic carbocycles. The predicted molar refractivity (Wildman–Crippen MR) is 123 cm³/mol. The van der Waals surface area contributed by atoms with Gasteiger partial charge >= 0.3 is 0 Å². The Morgan fingerprint density at radius 1 is 1.06 bits per heavy atom. The summed E-state index contributed by atoms with van der Waals surface area (Å²) in [5, 5.41) is 4.95. The fraction of sp³-hybridized carbons (Fsp3) is 0.440. The maximum absolute atomic E-state index is 13.5. The van der Waals surface area contributed by atoms with Gasteiger partial charge in [-0.15, -0.1) is 5.10 Å². The normalized spacial score (nSPS) is 26.8. The second kappa shape index (κ2) is 7.38. The van der Waals surface area contributed by atoms with Crippen LogP contribution >= 0.6 is 12.2 Å². The number of para-hydroxylation sites is 1. The van der Waals surface area contributed by atoms with Gasteiger partial charge in [0, 0.05) is 29.5 Å². The molecular formula is C25H30FN4S+. The Kier molecular flexibility index (Phi) is 4.90. The molecule has 31 heavy (non-hydrogen) atoms. The van der Waals surface area contributed by atoms with Crippen molar-refractivity contribution < 1.29 is 9.29 Å². The lowest BCUT2D eigenvalue weighted by Gasteiger charge is -2.37. The summed E-state index contributed by atoms with van der Waals surface area (Å²) in [4.78, 5) is 1.58. The van der Waals surface area contributed by atoms with Gasteiger partial charge in [-0.2, -0.15) is 4.68 Å². The molecule has 1 unspecified atom stereocenters. The van der Waals surface area contributed by atoms with Crippen molar-refractivity contribution in [2.75, 3.05) is 6.54 Å². The van der Waals surface area contributed by atoms with Gasteiger partial charge in [-0.3, -0.25) is 4.57 Å². The fourth-order valence-corrected chi connectivity index (χ4v) is 6.53. The highest BCUT2D eigenvalue weighted by molar-refractivity contribution is 7.71. The Morgan fingerprint density at radius 3 is 2.48 bits per heavy atom. The first-order chi connectivity index (χ1) is 14.7. The van der Waals surface area contributed by atoms with Crippen molar-refractivity contribution in [3.63, 3.8) is 0 Å². The summed E-state index contributed by atoms with van der Waals surface area (Å²) >= 11 is 5.92. The molecule has 3 atom stereocenters. The zero-order valence-corrected chi connectivity index (χ0v) is 19.3. The van der Waals surface area contributed by atoms with Crippen molar-refractivity contribution in [2.24, 2.45) is 10.8 Å². The van der Waals surface area contributed by atoms with E-state index in [0.29, 0.717) is 21.6 Å². The number of nitrogens with zero attached hydrogens (tertiary/aromatic N) is 3. The van der Waals surface area contributed by atoms with E-state index < -0.39 is 0 Å². The van der Waals surface area contributed by atoms with Crippen LogP contribution in [-0.4, -0.2) is 26.9 Å². The molecule has 2 aliphatic rings. The number of hydrogen-bond donors (Lipinski definition) is 1. The molecule has 6 heteroatoms. The molecule has 1 saturated carbocycles. The summed E-state index contributed by atoms with van der Waals surface area (Å²) < 4.78 is 18.2. The molecule has 3 aromatic rings. The molecule has 1 aliphatic carbocycles. The number of nitrogens with one attached hydrogen (secondary N) is 1. The standard InChI is InChI=1S/C25H29FN4S/c1-24(2)13-21-14-25(3,15-24)16-28(21)17-29-23(31)30(20-7-5-4-6-8-20)22(27-29)18-9-11-19(26)12-10-18/h4-12,21H,13-17H2,1-3H3/p+1/t21-,25-/m1/s1. The van der Waals surface area contributed by atoms with Crippen LogP contribution in [0.2, 0.25) is 0 Å². The Balaban J connectivity index is 1.55. The van der Waals surface area contributed by atoms with Crippen molar-refractivity contribution in [1.29, 1.82) is 0 Å². The molecule has 0 radical (unpaired) electrons. The van der Waals surface area contributed by atoms with Crippen LogP contribution in [0.3, 0.4) is 0 Å². The van der Waals surface area contributed by atoms with Gasteiger partial charge in [-0.1, -0.05) is 39.0 Å². The minimum Gasteiger partial charge on any atom is -0.313 e. The summed E-state index contributed by atoms with van der Waals surface area (Å²) in [5.41, 5.74) is 2.62. The monoisotopic (exact) mass is 437 g/mol. The number of quaternary nitrogens is 1. The first-order valence-electron chi connectivity index (χ1n) is 11.1. The Bertz CT molecular complexity index is 1150. The van der Waals surface area contributed by atoms with Gasteiger partial charge in [0.15, 0.2) is 12.5 Å². The molecule has 0 spiro atoms. The number of halogens is 1. The Hall–Kier alpha value is -2.31. The van der Waals surface area contributed by atoms with E-state index in [-0.39, 0.29) is 5.82 Å². The van der Waals surface area contributed by atoms with Gasteiger partial charge in [0.25, 0.3) is 0 Å². The van der Waals surface area contributed by atoms with Crippen LogP contribution in [-0.2, 0) is 6.67 Å². The molecule has 1 saturated heterocycles. The maximum Gasteiger partial charge on any atom is 0.207 e. The van der Waals surface area contributed by atoms with E-state index in [2.05, 4.69) is 20.8 Å². The van der Waals surface area contributed by atoms with Gasteiger partial charge in [0.05, 0.1) is 12.6 Å². The lowest BCUT2D eigenvalue weighted by molar-refractivity contribution is -0.937. The quantitative estimate of drug-likeness (QED) is 0.602. The van der Waals surface area contributed by atoms with Crippen molar-refractivity contribution in [3.8, 4) is 17.1 Å². The third-order valence-electron chi connectivity index (χ3n) is 6.98. The van der Waals surface area contributed by atoms with Crippen molar-refractivity contribution in [1.82, 2.24) is 14.3 Å². The van der Waals surface area contributed by atoms with E-state index >= 15 is 0 Å². The van der Waals surface area contributed by atoms with Crippen LogP contribution in [0.25, 0.3) is 17.1 Å². The fourth-order valence-electron chi connectivity index (χ4n) is 6.23. The summed E-state index contributed by atoms with van der Waals surface area (Å²) in [7, 11) is 0. The minimum atomic E-state index is -0.252. The number of benzene rings is 2. The van der Waals surface area contributed by atoms with Crippen molar-refractivity contribution in [2.45, 2.75) is 52.7 Å². The predicted octanol–water partition coefficient (Wildman–Crippen LogP) is 4.65. The number of hydrogen-bond acceptors (Lipinski definition) is 2. The van der Waals surface area contributed by atoms with Crippen molar-refractivity contribution in [3.05, 3.63) is 65.2 Å². The first-order valence-corrected chi connectivity index (χ1v) is 11.5. The van der Waals surface area contributed by atoms with Crippen LogP contribution in [0.1, 0.15) is 40.0 Å². The highest BCUT2D eigenvalue weighted by Crippen LogP contribution is 2.47. The lowest BCUT2D eigenvalue weighted by atomic mass is 9.65. The number of fused-ring (bicyclic) bond motifs is 2. The van der Waals surface area contributed by atoms with E-state index in [1.807, 2.05) is 39.6 Å². The zero-order valence-electron chi connectivity index (χ0n) is 18.4. The summed E-state index contributed by atoms with van der Waals surface area (Å²) in [6.07, 6.45) is 3.81. The first kappa shape index (κ1) is 20.6. The van der Waals surface area contributed by atoms with Crippen LogP contribution < -0.4 is 4.90 Å². The average Bonchev–Trinajstić information content (AvgIpc) is 3.15. The number of likely N-dealkylation sites (tertiary alicyclic amines) is 1. The smallest absolute Gasteiger partial charge is 0.207 e. The molecular weight excluding hydrogens is 407 g/mol. The van der Waals surface area contributed by atoms with E-state index in [0.717, 1.165) is 30.3 Å². The van der Waals surface area contributed by atoms with E-state index in [1.165, 1.54) is 31.4 Å². The van der Waals surface area contributed by atoms with Gasteiger partial charge in [-0.25, -0.2) is 4.39 Å². The summed E-state index contributed by atoms with van der Waals surface area (Å²) in [6, 6.07) is 17.2. The molecule has 1 aliphatic heterocycles. The molecule has 2 fully saturated rings. The third kappa shape index (κ3) is 3.87. The van der Waals surface area contributed by atoms with E-state index in [9.17, 15) is 4.39 Å². The van der Waals surface area contributed by atoms with Gasteiger partial charge < -0.3 is 4.90 Å². The van der Waals surface area contributed by atoms with Gasteiger partial charge in [-0.05, 0) is 60.5 Å². The Labute approximate surface area is 188 Å². The highest BCUT2D eigenvalue weighted by Gasteiger charge is 2.52. The molecule has 2 heterocycles.